The van der Waals surface area contributed by atoms with Crippen LogP contribution < -0.4 is 9.80 Å². The molecule has 0 amide bonds. The normalized spacial score (nSPS) is 18.6. The number of rotatable bonds is 5. The van der Waals surface area contributed by atoms with Crippen LogP contribution in [-0.4, -0.2) is 61.9 Å². The molecule has 1 aromatic heterocycles. The molecule has 166 valence electrons. The Bertz CT molecular complexity index is 1020. The van der Waals surface area contributed by atoms with Crippen LogP contribution in [0.3, 0.4) is 0 Å². The monoisotopic (exact) mass is 445 g/mol. The second-order valence-electron chi connectivity index (χ2n) is 7.89. The summed E-state index contributed by atoms with van der Waals surface area (Å²) in [4.78, 5) is 19.8. The number of pyridine rings is 1. The predicted octanol–water partition coefficient (Wildman–Crippen LogP) is 2.88. The summed E-state index contributed by atoms with van der Waals surface area (Å²) in [6, 6.07) is 10.1. The third-order valence-corrected chi connectivity index (χ3v) is 7.83. The number of nitro benzene ring substituents is 1. The number of aromatic nitrogens is 1. The number of hydrogen-bond donors (Lipinski definition) is 0. The van der Waals surface area contributed by atoms with E-state index in [4.69, 9.17) is 0 Å². The van der Waals surface area contributed by atoms with Gasteiger partial charge in [0.1, 0.15) is 11.5 Å². The molecule has 0 spiro atoms. The Kier molecular flexibility index (Phi) is 6.38. The third-order valence-electron chi connectivity index (χ3n) is 5.94. The molecular formula is C21H27N5O4S. The second-order valence-corrected chi connectivity index (χ2v) is 9.83. The van der Waals surface area contributed by atoms with Crippen molar-refractivity contribution in [3.05, 3.63) is 52.7 Å². The number of benzene rings is 1. The fourth-order valence-electron chi connectivity index (χ4n) is 4.23. The van der Waals surface area contributed by atoms with Crippen molar-refractivity contribution in [1.29, 1.82) is 0 Å². The van der Waals surface area contributed by atoms with Crippen LogP contribution in [0.15, 0.2) is 47.5 Å². The van der Waals surface area contributed by atoms with Crippen molar-refractivity contribution in [2.75, 3.05) is 49.1 Å². The first-order valence-electron chi connectivity index (χ1n) is 10.7. The average Bonchev–Trinajstić information content (AvgIpc) is 3.10. The van der Waals surface area contributed by atoms with Gasteiger partial charge in [0.2, 0.25) is 10.0 Å². The lowest BCUT2D eigenvalue weighted by atomic mass is 10.2. The van der Waals surface area contributed by atoms with Gasteiger partial charge in [-0.2, -0.15) is 4.31 Å². The molecule has 0 bridgehead atoms. The molecule has 0 radical (unpaired) electrons. The molecule has 10 heteroatoms. The zero-order chi connectivity index (χ0) is 21.8. The number of hydrogen-bond acceptors (Lipinski definition) is 7. The molecular weight excluding hydrogens is 418 g/mol. The average molecular weight is 446 g/mol. The summed E-state index contributed by atoms with van der Waals surface area (Å²) in [5, 5.41) is 11.8. The Morgan fingerprint density at radius 1 is 0.871 bits per heavy atom. The number of nitro groups is 1. The lowest BCUT2D eigenvalue weighted by Gasteiger charge is -2.36. The number of anilines is 2. The lowest BCUT2D eigenvalue weighted by molar-refractivity contribution is -0.384. The fourth-order valence-corrected chi connectivity index (χ4v) is 5.76. The summed E-state index contributed by atoms with van der Waals surface area (Å²) in [6.45, 7) is 3.48. The highest BCUT2D eigenvalue weighted by atomic mass is 32.2. The number of sulfonamides is 1. The molecule has 2 aliphatic heterocycles. The lowest BCUT2D eigenvalue weighted by Crippen LogP contribution is -2.47. The Morgan fingerprint density at radius 3 is 2.16 bits per heavy atom. The molecule has 4 rings (SSSR count). The van der Waals surface area contributed by atoms with E-state index in [1.807, 2.05) is 23.1 Å². The van der Waals surface area contributed by atoms with Crippen LogP contribution in [0.1, 0.15) is 25.7 Å². The van der Waals surface area contributed by atoms with Gasteiger partial charge in [-0.3, -0.25) is 10.1 Å². The minimum atomic E-state index is -3.74. The van der Waals surface area contributed by atoms with Crippen molar-refractivity contribution < 1.29 is 13.3 Å². The SMILES string of the molecule is O=[N+]([O-])c1cc(S(=O)(=O)N2CCCCCC2)ccc1N1CCN(c2ccccn2)CC1. The van der Waals surface area contributed by atoms with Crippen LogP contribution in [0.25, 0.3) is 0 Å². The van der Waals surface area contributed by atoms with E-state index in [9.17, 15) is 18.5 Å². The molecule has 2 saturated heterocycles. The Labute approximate surface area is 182 Å². The van der Waals surface area contributed by atoms with Crippen molar-refractivity contribution in [1.82, 2.24) is 9.29 Å². The standard InChI is InChI=1S/C21H27N5O4S/c27-26(28)20-17-18(31(29,30)25-11-5-1-2-6-12-25)8-9-19(20)23-13-15-24(16-14-23)21-7-3-4-10-22-21/h3-4,7-10,17H,1-2,5-6,11-16H2. The number of nitrogens with zero attached hydrogens (tertiary/aromatic N) is 5. The molecule has 0 aliphatic carbocycles. The van der Waals surface area contributed by atoms with Crippen LogP contribution in [-0.2, 0) is 10.0 Å². The summed E-state index contributed by atoms with van der Waals surface area (Å²) in [5.74, 6) is 0.885. The van der Waals surface area contributed by atoms with E-state index in [1.165, 1.54) is 16.4 Å². The molecule has 2 aromatic rings. The highest BCUT2D eigenvalue weighted by Crippen LogP contribution is 2.33. The van der Waals surface area contributed by atoms with Gasteiger partial charge in [0.15, 0.2) is 0 Å². The van der Waals surface area contributed by atoms with Gasteiger partial charge >= 0.3 is 0 Å². The smallest absolute Gasteiger partial charge is 0.293 e. The van der Waals surface area contributed by atoms with Crippen molar-refractivity contribution in [3.63, 3.8) is 0 Å². The molecule has 1 aromatic carbocycles. The van der Waals surface area contributed by atoms with Gasteiger partial charge < -0.3 is 9.80 Å². The van der Waals surface area contributed by atoms with Gasteiger partial charge in [-0.25, -0.2) is 13.4 Å². The van der Waals surface area contributed by atoms with Crippen LogP contribution in [0.4, 0.5) is 17.2 Å². The van der Waals surface area contributed by atoms with Crippen molar-refractivity contribution in [2.24, 2.45) is 0 Å². The van der Waals surface area contributed by atoms with Crippen molar-refractivity contribution in [3.8, 4) is 0 Å². The molecule has 0 unspecified atom stereocenters. The minimum absolute atomic E-state index is 0.00280. The first-order valence-corrected chi connectivity index (χ1v) is 12.1. The van der Waals surface area contributed by atoms with Gasteiger partial charge in [-0.05, 0) is 37.1 Å². The van der Waals surface area contributed by atoms with Gasteiger partial charge in [-0.1, -0.05) is 18.9 Å². The topological polar surface area (TPSA) is 99.9 Å². The molecule has 9 nitrogen and oxygen atoms in total. The molecule has 31 heavy (non-hydrogen) atoms. The maximum atomic E-state index is 13.1. The van der Waals surface area contributed by atoms with Gasteiger partial charge in [0.05, 0.1) is 9.82 Å². The number of piperazine rings is 1. The van der Waals surface area contributed by atoms with Crippen LogP contribution in [0, 0.1) is 10.1 Å². The van der Waals surface area contributed by atoms with E-state index in [1.54, 1.807) is 12.3 Å². The molecule has 0 atom stereocenters. The van der Waals surface area contributed by atoms with E-state index in [0.29, 0.717) is 45.0 Å². The zero-order valence-electron chi connectivity index (χ0n) is 17.4. The largest absolute Gasteiger partial charge is 0.362 e. The maximum absolute atomic E-state index is 13.1. The van der Waals surface area contributed by atoms with E-state index in [0.717, 1.165) is 31.5 Å². The molecule has 0 N–H and O–H groups in total. The highest BCUT2D eigenvalue weighted by Gasteiger charge is 2.30. The Morgan fingerprint density at radius 2 is 1.55 bits per heavy atom. The van der Waals surface area contributed by atoms with Crippen LogP contribution >= 0.6 is 0 Å². The van der Waals surface area contributed by atoms with E-state index < -0.39 is 14.9 Å². The van der Waals surface area contributed by atoms with E-state index in [2.05, 4.69) is 9.88 Å². The first-order chi connectivity index (χ1) is 15.0. The summed E-state index contributed by atoms with van der Waals surface area (Å²) >= 11 is 0. The van der Waals surface area contributed by atoms with E-state index in [-0.39, 0.29) is 10.6 Å². The van der Waals surface area contributed by atoms with Crippen molar-refractivity contribution in [2.45, 2.75) is 30.6 Å². The van der Waals surface area contributed by atoms with Crippen molar-refractivity contribution >= 4 is 27.2 Å². The molecule has 2 fully saturated rings. The predicted molar refractivity (Wildman–Crippen MR) is 119 cm³/mol. The van der Waals surface area contributed by atoms with Crippen LogP contribution in [0.5, 0.6) is 0 Å². The fraction of sp³-hybridized carbons (Fsp3) is 0.476. The quantitative estimate of drug-likeness (QED) is 0.515. The highest BCUT2D eigenvalue weighted by molar-refractivity contribution is 7.89. The zero-order valence-corrected chi connectivity index (χ0v) is 18.2. The summed E-state index contributed by atoms with van der Waals surface area (Å²) in [6.07, 6.45) is 5.40. The Balaban J connectivity index is 1.55. The second kappa shape index (κ2) is 9.19. The maximum Gasteiger partial charge on any atom is 0.293 e. The summed E-state index contributed by atoms with van der Waals surface area (Å²) in [5.41, 5.74) is 0.294. The summed E-state index contributed by atoms with van der Waals surface area (Å²) < 4.78 is 27.6. The Hall–Kier alpha value is -2.72. The van der Waals surface area contributed by atoms with Crippen LogP contribution in [0.2, 0.25) is 0 Å². The van der Waals surface area contributed by atoms with Gasteiger partial charge in [0.25, 0.3) is 5.69 Å². The van der Waals surface area contributed by atoms with E-state index >= 15 is 0 Å². The summed E-state index contributed by atoms with van der Waals surface area (Å²) in [7, 11) is -3.74. The molecule has 2 aliphatic rings. The third kappa shape index (κ3) is 4.64. The molecule has 0 saturated carbocycles. The minimum Gasteiger partial charge on any atom is -0.362 e. The van der Waals surface area contributed by atoms with Gasteiger partial charge in [0, 0.05) is 51.5 Å². The first kappa shape index (κ1) is 21.5. The van der Waals surface area contributed by atoms with Gasteiger partial charge in [-0.15, -0.1) is 0 Å². The molecule has 3 heterocycles.